The van der Waals surface area contributed by atoms with E-state index in [1.54, 1.807) is 18.2 Å². The molecule has 2 N–H and O–H groups in total. The topological polar surface area (TPSA) is 60.2 Å². The highest BCUT2D eigenvalue weighted by Gasteiger charge is 2.23. The first-order valence-corrected chi connectivity index (χ1v) is 5.26. The fourth-order valence-electron chi connectivity index (χ4n) is 2.16. The number of allylic oxidation sites excluding steroid dienone is 1. The summed E-state index contributed by atoms with van der Waals surface area (Å²) >= 11 is 0. The first kappa shape index (κ1) is 9.78. The molecule has 3 heteroatoms. The fourth-order valence-corrected chi connectivity index (χ4v) is 2.16. The molecule has 82 valence electrons. The van der Waals surface area contributed by atoms with E-state index >= 15 is 0 Å². The van der Waals surface area contributed by atoms with Crippen LogP contribution >= 0.6 is 0 Å². The molecule has 2 aromatic carbocycles. The van der Waals surface area contributed by atoms with Crippen molar-refractivity contribution in [3.8, 4) is 0 Å². The van der Waals surface area contributed by atoms with E-state index in [1.165, 1.54) is 6.08 Å². The van der Waals surface area contributed by atoms with Crippen molar-refractivity contribution in [1.29, 1.82) is 0 Å². The summed E-state index contributed by atoms with van der Waals surface area (Å²) in [7, 11) is 0. The number of hydrogen-bond acceptors (Lipinski definition) is 3. The Bertz CT molecular complexity index is 699. The molecule has 3 rings (SSSR count). The average Bonchev–Trinajstić information content (AvgIpc) is 2.34. The number of benzene rings is 2. The van der Waals surface area contributed by atoms with Gasteiger partial charge in [0, 0.05) is 16.6 Å². The lowest BCUT2D eigenvalue weighted by Gasteiger charge is -2.12. The van der Waals surface area contributed by atoms with Crippen LogP contribution in [0.25, 0.3) is 16.8 Å². The predicted octanol–water partition coefficient (Wildman–Crippen LogP) is 2.20. The monoisotopic (exact) mass is 223 g/mol. The molecule has 0 saturated carbocycles. The van der Waals surface area contributed by atoms with Gasteiger partial charge in [-0.2, -0.15) is 0 Å². The van der Waals surface area contributed by atoms with Crippen molar-refractivity contribution in [2.45, 2.75) is 0 Å². The highest BCUT2D eigenvalue weighted by Crippen LogP contribution is 2.29. The van der Waals surface area contributed by atoms with Crippen molar-refractivity contribution >= 4 is 34.1 Å². The molecule has 0 spiro atoms. The van der Waals surface area contributed by atoms with Crippen LogP contribution in [0.1, 0.15) is 15.9 Å². The zero-order valence-electron chi connectivity index (χ0n) is 8.94. The Labute approximate surface area is 97.5 Å². The molecule has 0 fully saturated rings. The zero-order valence-corrected chi connectivity index (χ0v) is 8.94. The minimum Gasteiger partial charge on any atom is -0.398 e. The molecule has 0 aromatic heterocycles. The predicted molar refractivity (Wildman–Crippen MR) is 66.7 cm³/mol. The van der Waals surface area contributed by atoms with Gasteiger partial charge in [-0.3, -0.25) is 9.59 Å². The number of ketones is 2. The zero-order chi connectivity index (χ0) is 12.0. The second-order valence-electron chi connectivity index (χ2n) is 4.00. The Kier molecular flexibility index (Phi) is 1.89. The second kappa shape index (κ2) is 3.28. The van der Waals surface area contributed by atoms with Crippen LogP contribution in [0.4, 0.5) is 5.69 Å². The Morgan fingerprint density at radius 3 is 2.53 bits per heavy atom. The molecule has 0 heterocycles. The number of nitrogens with two attached hydrogens (primary N) is 1. The summed E-state index contributed by atoms with van der Waals surface area (Å²) in [6, 6.07) is 9.06. The first-order chi connectivity index (χ1) is 8.18. The maximum atomic E-state index is 11.9. The van der Waals surface area contributed by atoms with Crippen LogP contribution in [0, 0.1) is 0 Å². The van der Waals surface area contributed by atoms with E-state index in [2.05, 4.69) is 0 Å². The Balaban J connectivity index is 2.48. The van der Waals surface area contributed by atoms with Gasteiger partial charge in [-0.1, -0.05) is 30.3 Å². The number of carbonyl (C=O) groups is 2. The molecule has 0 aliphatic heterocycles. The molecule has 2 aromatic rings. The van der Waals surface area contributed by atoms with E-state index in [0.29, 0.717) is 11.3 Å². The standard InChI is InChI=1S/C14H9NO2/c15-11-3-1-2-10-9(11)6-4-8-5-7-12(16)14(17)13(8)10/h1-7H,15H2. The molecule has 0 atom stereocenters. The lowest BCUT2D eigenvalue weighted by atomic mass is 9.90. The van der Waals surface area contributed by atoms with Crippen LogP contribution in [0.2, 0.25) is 0 Å². The molecule has 0 bridgehead atoms. The summed E-state index contributed by atoms with van der Waals surface area (Å²) in [6.45, 7) is 0. The molecule has 0 amide bonds. The van der Waals surface area contributed by atoms with Gasteiger partial charge in [0.15, 0.2) is 0 Å². The van der Waals surface area contributed by atoms with Crippen molar-refractivity contribution < 1.29 is 9.59 Å². The van der Waals surface area contributed by atoms with Crippen LogP contribution in [-0.2, 0) is 4.79 Å². The average molecular weight is 223 g/mol. The van der Waals surface area contributed by atoms with Gasteiger partial charge in [0.05, 0.1) is 0 Å². The molecule has 0 saturated heterocycles. The SMILES string of the molecule is Nc1cccc2c3c(ccc12)C=CC(=O)C3=O. The lowest BCUT2D eigenvalue weighted by Crippen LogP contribution is -2.16. The number of hydrogen-bond donors (Lipinski definition) is 1. The summed E-state index contributed by atoms with van der Waals surface area (Å²) < 4.78 is 0. The second-order valence-corrected chi connectivity index (χ2v) is 4.00. The van der Waals surface area contributed by atoms with Gasteiger partial charge in [0.1, 0.15) is 0 Å². The van der Waals surface area contributed by atoms with Gasteiger partial charge < -0.3 is 5.73 Å². The first-order valence-electron chi connectivity index (χ1n) is 5.26. The highest BCUT2D eigenvalue weighted by molar-refractivity contribution is 6.51. The van der Waals surface area contributed by atoms with E-state index in [0.717, 1.165) is 16.3 Å². The van der Waals surface area contributed by atoms with Gasteiger partial charge in [-0.05, 0) is 23.1 Å². The quantitative estimate of drug-likeness (QED) is 0.550. The van der Waals surface area contributed by atoms with Crippen LogP contribution in [0.3, 0.4) is 0 Å². The summed E-state index contributed by atoms with van der Waals surface area (Å²) in [6.07, 6.45) is 2.98. The number of nitrogen functional groups attached to an aromatic ring is 1. The molecular weight excluding hydrogens is 214 g/mol. The van der Waals surface area contributed by atoms with Crippen molar-refractivity contribution in [3.63, 3.8) is 0 Å². The minimum atomic E-state index is -0.479. The maximum absolute atomic E-state index is 11.9. The van der Waals surface area contributed by atoms with Crippen LogP contribution in [0.5, 0.6) is 0 Å². The third-order valence-corrected chi connectivity index (χ3v) is 2.99. The van der Waals surface area contributed by atoms with Gasteiger partial charge in [0.2, 0.25) is 11.6 Å². The summed E-state index contributed by atoms with van der Waals surface area (Å²) in [4.78, 5) is 23.3. The fraction of sp³-hybridized carbons (Fsp3) is 0. The molecule has 1 aliphatic carbocycles. The van der Waals surface area contributed by atoms with E-state index in [1.807, 2.05) is 18.2 Å². The van der Waals surface area contributed by atoms with Gasteiger partial charge in [0.25, 0.3) is 0 Å². The van der Waals surface area contributed by atoms with Crippen molar-refractivity contribution in [3.05, 3.63) is 47.5 Å². The van der Waals surface area contributed by atoms with Crippen LogP contribution in [-0.4, -0.2) is 11.6 Å². The third-order valence-electron chi connectivity index (χ3n) is 2.99. The van der Waals surface area contributed by atoms with E-state index in [9.17, 15) is 9.59 Å². The third kappa shape index (κ3) is 1.29. The molecule has 0 unspecified atom stereocenters. The summed E-state index contributed by atoms with van der Waals surface area (Å²) in [5.74, 6) is -0.939. The van der Waals surface area contributed by atoms with Crippen molar-refractivity contribution in [1.82, 2.24) is 0 Å². The highest BCUT2D eigenvalue weighted by atomic mass is 16.2. The Morgan fingerprint density at radius 1 is 0.882 bits per heavy atom. The van der Waals surface area contributed by atoms with Crippen molar-refractivity contribution in [2.75, 3.05) is 5.73 Å². The Morgan fingerprint density at radius 2 is 1.71 bits per heavy atom. The van der Waals surface area contributed by atoms with E-state index in [-0.39, 0.29) is 0 Å². The molecule has 3 nitrogen and oxygen atoms in total. The molecular formula is C14H9NO2. The number of fused-ring (bicyclic) bond motifs is 3. The number of rotatable bonds is 0. The van der Waals surface area contributed by atoms with E-state index < -0.39 is 11.6 Å². The lowest BCUT2D eigenvalue weighted by molar-refractivity contribution is -0.110. The molecule has 1 aliphatic rings. The van der Waals surface area contributed by atoms with E-state index in [4.69, 9.17) is 5.73 Å². The van der Waals surface area contributed by atoms with Crippen LogP contribution in [0.15, 0.2) is 36.4 Å². The maximum Gasteiger partial charge on any atom is 0.234 e. The number of Topliss-reactive ketones (excluding diaryl/α,β-unsaturated/α-hetero) is 1. The summed E-state index contributed by atoms with van der Waals surface area (Å²) in [5.41, 5.74) is 7.70. The minimum absolute atomic E-state index is 0.460. The molecule has 17 heavy (non-hydrogen) atoms. The van der Waals surface area contributed by atoms with Gasteiger partial charge in [-0.15, -0.1) is 0 Å². The van der Waals surface area contributed by atoms with Gasteiger partial charge in [-0.25, -0.2) is 0 Å². The number of anilines is 1. The molecule has 0 radical (unpaired) electrons. The normalized spacial score (nSPS) is 14.1. The smallest absolute Gasteiger partial charge is 0.234 e. The Hall–Kier alpha value is -2.42. The van der Waals surface area contributed by atoms with Gasteiger partial charge >= 0.3 is 0 Å². The largest absolute Gasteiger partial charge is 0.398 e. The van der Waals surface area contributed by atoms with Crippen molar-refractivity contribution in [2.24, 2.45) is 0 Å². The number of carbonyl (C=O) groups excluding carboxylic acids is 2. The summed E-state index contributed by atoms with van der Waals surface area (Å²) in [5, 5.41) is 1.55. The van der Waals surface area contributed by atoms with Crippen LogP contribution < -0.4 is 5.73 Å².